The van der Waals surface area contributed by atoms with Crippen LogP contribution < -0.4 is 0 Å². The Morgan fingerprint density at radius 1 is 1.32 bits per heavy atom. The lowest BCUT2D eigenvalue weighted by molar-refractivity contribution is 0.265. The van der Waals surface area contributed by atoms with E-state index in [1.54, 1.807) is 16.8 Å². The molecule has 0 N–H and O–H groups in total. The standard InChI is InChI=1S/C17H25N5O2S/c1-3-8-22-17(6-7-20-22)16-11-15(18-13-19-16)10-14-5-4-9-21(12-14)25(2,23)24/h6-7,11,13-14H,3-5,8-10,12H2,1-2H3/t14-/m0/s1. The molecule has 25 heavy (non-hydrogen) atoms. The number of aromatic nitrogens is 4. The molecule has 1 atom stereocenters. The van der Waals surface area contributed by atoms with Gasteiger partial charge in [-0.3, -0.25) is 4.68 Å². The van der Waals surface area contributed by atoms with E-state index in [4.69, 9.17) is 0 Å². The van der Waals surface area contributed by atoms with E-state index in [9.17, 15) is 8.42 Å². The first kappa shape index (κ1) is 18.0. The highest BCUT2D eigenvalue weighted by atomic mass is 32.2. The predicted molar refractivity (Wildman–Crippen MR) is 96.4 cm³/mol. The highest BCUT2D eigenvalue weighted by Gasteiger charge is 2.26. The average molecular weight is 363 g/mol. The van der Waals surface area contributed by atoms with Crippen LogP contribution in [0.5, 0.6) is 0 Å². The van der Waals surface area contributed by atoms with Crippen molar-refractivity contribution in [3.63, 3.8) is 0 Å². The molecule has 7 nitrogen and oxygen atoms in total. The van der Waals surface area contributed by atoms with Gasteiger partial charge in [-0.25, -0.2) is 22.7 Å². The quantitative estimate of drug-likeness (QED) is 0.784. The van der Waals surface area contributed by atoms with Crippen LogP contribution in [-0.4, -0.2) is 51.8 Å². The second-order valence-corrected chi connectivity index (χ2v) is 8.65. The normalized spacial score (nSPS) is 19.2. The van der Waals surface area contributed by atoms with E-state index >= 15 is 0 Å². The molecule has 1 aliphatic heterocycles. The number of nitrogens with zero attached hydrogens (tertiary/aromatic N) is 5. The monoisotopic (exact) mass is 363 g/mol. The largest absolute Gasteiger partial charge is 0.263 e. The van der Waals surface area contributed by atoms with Crippen molar-refractivity contribution >= 4 is 10.0 Å². The lowest BCUT2D eigenvalue weighted by Gasteiger charge is -2.30. The Labute approximate surface area is 149 Å². The molecule has 0 amide bonds. The molecule has 2 aromatic heterocycles. The molecular weight excluding hydrogens is 338 g/mol. The summed E-state index contributed by atoms with van der Waals surface area (Å²) in [5.74, 6) is 0.298. The van der Waals surface area contributed by atoms with Gasteiger partial charge < -0.3 is 0 Å². The van der Waals surface area contributed by atoms with Crippen LogP contribution in [0.1, 0.15) is 31.9 Å². The van der Waals surface area contributed by atoms with E-state index < -0.39 is 10.0 Å². The van der Waals surface area contributed by atoms with Crippen LogP contribution in [0.15, 0.2) is 24.7 Å². The Morgan fingerprint density at radius 3 is 2.92 bits per heavy atom. The molecule has 1 aliphatic rings. The smallest absolute Gasteiger partial charge is 0.211 e. The summed E-state index contributed by atoms with van der Waals surface area (Å²) in [4.78, 5) is 8.79. The zero-order valence-corrected chi connectivity index (χ0v) is 15.6. The Bertz CT molecular complexity index is 818. The predicted octanol–water partition coefficient (Wildman–Crippen LogP) is 1.96. The van der Waals surface area contributed by atoms with Crippen molar-refractivity contribution in [3.05, 3.63) is 30.4 Å². The number of sulfonamides is 1. The molecule has 0 spiro atoms. The summed E-state index contributed by atoms with van der Waals surface area (Å²) in [5, 5.41) is 4.35. The van der Waals surface area contributed by atoms with Gasteiger partial charge in [0.1, 0.15) is 6.33 Å². The van der Waals surface area contributed by atoms with E-state index in [2.05, 4.69) is 22.0 Å². The maximum atomic E-state index is 11.8. The Hall–Kier alpha value is -1.80. The highest BCUT2D eigenvalue weighted by molar-refractivity contribution is 7.88. The molecule has 2 aromatic rings. The molecule has 0 aliphatic carbocycles. The maximum absolute atomic E-state index is 11.8. The number of hydrogen-bond acceptors (Lipinski definition) is 5. The topological polar surface area (TPSA) is 81.0 Å². The van der Waals surface area contributed by atoms with Crippen molar-refractivity contribution < 1.29 is 8.42 Å². The number of aryl methyl sites for hydroxylation is 1. The molecule has 8 heteroatoms. The third-order valence-corrected chi connectivity index (χ3v) is 5.86. The van der Waals surface area contributed by atoms with Crippen molar-refractivity contribution in [1.82, 2.24) is 24.1 Å². The van der Waals surface area contributed by atoms with Crippen molar-refractivity contribution in [1.29, 1.82) is 0 Å². The van der Waals surface area contributed by atoms with Gasteiger partial charge in [0.05, 0.1) is 17.6 Å². The molecule has 0 saturated carbocycles. The third-order valence-electron chi connectivity index (χ3n) is 4.59. The maximum Gasteiger partial charge on any atom is 0.211 e. The highest BCUT2D eigenvalue weighted by Crippen LogP contribution is 2.23. The summed E-state index contributed by atoms with van der Waals surface area (Å²) >= 11 is 0. The van der Waals surface area contributed by atoms with Crippen molar-refractivity contribution in [2.45, 2.75) is 39.2 Å². The Kier molecular flexibility index (Phi) is 5.48. The molecule has 3 rings (SSSR count). The van der Waals surface area contributed by atoms with Crippen LogP contribution in [0.3, 0.4) is 0 Å². The van der Waals surface area contributed by atoms with Gasteiger partial charge in [0.15, 0.2) is 0 Å². The summed E-state index contributed by atoms with van der Waals surface area (Å²) in [5.41, 5.74) is 2.81. The second-order valence-electron chi connectivity index (χ2n) is 6.67. The zero-order valence-electron chi connectivity index (χ0n) is 14.8. The minimum atomic E-state index is -3.12. The molecule has 0 unspecified atom stereocenters. The minimum absolute atomic E-state index is 0.298. The fourth-order valence-electron chi connectivity index (χ4n) is 3.38. The summed E-state index contributed by atoms with van der Waals surface area (Å²) in [6, 6.07) is 3.97. The van der Waals surface area contributed by atoms with E-state index in [0.717, 1.165) is 49.3 Å². The van der Waals surface area contributed by atoms with Crippen LogP contribution in [-0.2, 0) is 23.0 Å². The molecule has 136 valence electrons. The minimum Gasteiger partial charge on any atom is -0.263 e. The first-order chi connectivity index (χ1) is 12.0. The zero-order chi connectivity index (χ0) is 17.9. The van der Waals surface area contributed by atoms with Crippen molar-refractivity contribution in [2.24, 2.45) is 5.92 Å². The van der Waals surface area contributed by atoms with Crippen LogP contribution in [0.25, 0.3) is 11.4 Å². The first-order valence-electron chi connectivity index (χ1n) is 8.75. The van der Waals surface area contributed by atoms with Gasteiger partial charge >= 0.3 is 0 Å². The van der Waals surface area contributed by atoms with Gasteiger partial charge in [-0.2, -0.15) is 5.10 Å². The average Bonchev–Trinajstić information content (AvgIpc) is 3.03. The van der Waals surface area contributed by atoms with Crippen molar-refractivity contribution in [3.8, 4) is 11.4 Å². The third kappa shape index (κ3) is 4.43. The molecule has 0 aromatic carbocycles. The van der Waals surface area contributed by atoms with Crippen LogP contribution in [0.2, 0.25) is 0 Å². The molecule has 1 fully saturated rings. The summed E-state index contributed by atoms with van der Waals surface area (Å²) in [6.45, 7) is 4.17. The van der Waals surface area contributed by atoms with Crippen LogP contribution in [0.4, 0.5) is 0 Å². The van der Waals surface area contributed by atoms with Crippen LogP contribution in [0, 0.1) is 5.92 Å². The van der Waals surface area contributed by atoms with Crippen molar-refractivity contribution in [2.75, 3.05) is 19.3 Å². The molecule has 3 heterocycles. The lowest BCUT2D eigenvalue weighted by Crippen LogP contribution is -2.39. The van der Waals surface area contributed by atoms with Gasteiger partial charge in [0.25, 0.3) is 0 Å². The lowest BCUT2D eigenvalue weighted by atomic mass is 9.94. The van der Waals surface area contributed by atoms with Gasteiger partial charge in [0, 0.05) is 31.5 Å². The van der Waals surface area contributed by atoms with E-state index in [1.165, 1.54) is 6.26 Å². The number of hydrogen-bond donors (Lipinski definition) is 0. The van der Waals surface area contributed by atoms with Gasteiger partial charge in [0.2, 0.25) is 10.0 Å². The Balaban J connectivity index is 1.75. The van der Waals surface area contributed by atoms with E-state index in [1.807, 2.05) is 16.8 Å². The fraction of sp³-hybridized carbons (Fsp3) is 0.588. The van der Waals surface area contributed by atoms with E-state index in [0.29, 0.717) is 19.0 Å². The van der Waals surface area contributed by atoms with E-state index in [-0.39, 0.29) is 0 Å². The molecule has 0 bridgehead atoms. The molecular formula is C17H25N5O2S. The Morgan fingerprint density at radius 2 is 2.16 bits per heavy atom. The van der Waals surface area contributed by atoms with Crippen LogP contribution >= 0.6 is 0 Å². The SMILES string of the molecule is CCCn1nccc1-c1cc(C[C@@H]2CCCN(S(C)(=O)=O)C2)ncn1. The van der Waals surface area contributed by atoms with Gasteiger partial charge in [-0.1, -0.05) is 6.92 Å². The fourth-order valence-corrected chi connectivity index (χ4v) is 4.32. The number of piperidine rings is 1. The van der Waals surface area contributed by atoms with Gasteiger partial charge in [-0.15, -0.1) is 0 Å². The number of rotatable bonds is 6. The molecule has 0 radical (unpaired) electrons. The van der Waals surface area contributed by atoms with Gasteiger partial charge in [-0.05, 0) is 43.7 Å². The molecule has 1 saturated heterocycles. The summed E-state index contributed by atoms with van der Waals surface area (Å²) in [7, 11) is -3.12. The summed E-state index contributed by atoms with van der Waals surface area (Å²) < 4.78 is 27.1. The first-order valence-corrected chi connectivity index (χ1v) is 10.6. The second kappa shape index (κ2) is 7.61. The summed E-state index contributed by atoms with van der Waals surface area (Å²) in [6.07, 6.45) is 8.37.